The van der Waals surface area contributed by atoms with Crippen molar-refractivity contribution in [3.05, 3.63) is 189 Å². The number of halogens is 2. The lowest BCUT2D eigenvalue weighted by atomic mass is 9.86. The van der Waals surface area contributed by atoms with Gasteiger partial charge in [0, 0.05) is 47.1 Å². The van der Waals surface area contributed by atoms with Crippen LogP contribution in [0.4, 0.5) is 14.4 Å². The second-order valence-corrected chi connectivity index (χ2v) is 21.6. The van der Waals surface area contributed by atoms with Crippen LogP contribution < -0.4 is 16.0 Å². The molecule has 2 unspecified atom stereocenters. The van der Waals surface area contributed by atoms with Gasteiger partial charge in [0.15, 0.2) is 0 Å². The lowest BCUT2D eigenvalue weighted by Crippen LogP contribution is -2.48. The van der Waals surface area contributed by atoms with Crippen LogP contribution >= 0.6 is 23.2 Å². The van der Waals surface area contributed by atoms with Crippen molar-refractivity contribution in [1.29, 1.82) is 0 Å². The highest BCUT2D eigenvalue weighted by Crippen LogP contribution is 2.46. The smallest absolute Gasteiger partial charge is 0.410 e. The average molecular weight is 1020 g/mol. The Morgan fingerprint density at radius 3 is 1.33 bits per heavy atom. The molecule has 0 radical (unpaired) electrons. The van der Waals surface area contributed by atoms with E-state index in [4.69, 9.17) is 37.4 Å². The number of likely N-dealkylation sites (tertiary alicyclic amines) is 1. The molecule has 0 saturated carbocycles. The predicted octanol–water partition coefficient (Wildman–Crippen LogP) is 13.2. The molecule has 0 bridgehead atoms. The van der Waals surface area contributed by atoms with E-state index in [1.54, 1.807) is 4.90 Å². The number of piperidine rings is 2. The summed E-state index contributed by atoms with van der Waals surface area (Å²) in [6.45, 7) is 9.32. The summed E-state index contributed by atoms with van der Waals surface area (Å²) in [6, 6.07) is 48.9. The molecule has 2 aliphatic carbocycles. The third-order valence-corrected chi connectivity index (χ3v) is 15.2. The molecule has 12 heteroatoms. The van der Waals surface area contributed by atoms with Crippen LogP contribution in [0.1, 0.15) is 91.7 Å². The maximum atomic E-state index is 13.2. The van der Waals surface area contributed by atoms with E-state index in [2.05, 4.69) is 94.8 Å². The van der Waals surface area contributed by atoms with Crippen molar-refractivity contribution in [1.82, 2.24) is 20.9 Å². The van der Waals surface area contributed by atoms with Crippen molar-refractivity contribution >= 4 is 41.5 Å². The lowest BCUT2D eigenvalue weighted by molar-refractivity contribution is 0.0167. The van der Waals surface area contributed by atoms with E-state index >= 15 is 0 Å². The molecule has 380 valence electrons. The summed E-state index contributed by atoms with van der Waals surface area (Å²) in [6.07, 6.45) is 3.90. The molecule has 4 aliphatic rings. The summed E-state index contributed by atoms with van der Waals surface area (Å²) in [5.74, 6) is 0.652. The predicted molar refractivity (Wildman–Crippen MR) is 290 cm³/mol. The van der Waals surface area contributed by atoms with Crippen molar-refractivity contribution in [2.75, 3.05) is 39.4 Å². The number of fused-ring (bicyclic) bond motifs is 6. The minimum atomic E-state index is -0.533. The molecule has 2 atom stereocenters. The van der Waals surface area contributed by atoms with Crippen LogP contribution in [-0.4, -0.2) is 80.3 Å². The van der Waals surface area contributed by atoms with Crippen LogP contribution in [0.25, 0.3) is 22.3 Å². The summed E-state index contributed by atoms with van der Waals surface area (Å²) in [5, 5.41) is 11.2. The molecule has 10 rings (SSSR count). The average Bonchev–Trinajstić information content (AvgIpc) is 3.89. The highest BCUT2D eigenvalue weighted by molar-refractivity contribution is 6.30. The van der Waals surface area contributed by atoms with Crippen molar-refractivity contribution in [2.45, 2.75) is 88.8 Å². The van der Waals surface area contributed by atoms with E-state index in [1.165, 1.54) is 44.5 Å². The first-order valence-corrected chi connectivity index (χ1v) is 26.5. The summed E-state index contributed by atoms with van der Waals surface area (Å²) in [7, 11) is 0. The second-order valence-electron chi connectivity index (χ2n) is 20.7. The lowest BCUT2D eigenvalue weighted by Gasteiger charge is -2.37. The number of amides is 3. The Morgan fingerprint density at radius 1 is 0.562 bits per heavy atom. The van der Waals surface area contributed by atoms with Crippen LogP contribution in [0.3, 0.4) is 0 Å². The summed E-state index contributed by atoms with van der Waals surface area (Å²) in [5.41, 5.74) is 11.3. The zero-order valence-electron chi connectivity index (χ0n) is 42.0. The fourth-order valence-electron chi connectivity index (χ4n) is 11.1. The molecular formula is C61H66Cl2N4O6. The molecule has 2 heterocycles. The van der Waals surface area contributed by atoms with Gasteiger partial charge in [-0.3, -0.25) is 0 Å². The first kappa shape index (κ1) is 51.6. The Labute approximate surface area is 440 Å². The maximum absolute atomic E-state index is 13.2. The van der Waals surface area contributed by atoms with Crippen LogP contribution in [0, 0.1) is 11.8 Å². The Hall–Kier alpha value is -6.33. The number of carbonyl (C=O) groups excluding carboxylic acids is 3. The van der Waals surface area contributed by atoms with Gasteiger partial charge in [0.05, 0.1) is 0 Å². The quantitative estimate of drug-likeness (QED) is 0.105. The number of benzene rings is 6. The zero-order chi connectivity index (χ0) is 50.9. The third kappa shape index (κ3) is 13.1. The van der Waals surface area contributed by atoms with Gasteiger partial charge < -0.3 is 35.1 Å². The van der Waals surface area contributed by atoms with Gasteiger partial charge in [-0.25, -0.2) is 14.4 Å². The van der Waals surface area contributed by atoms with Crippen molar-refractivity contribution in [2.24, 2.45) is 11.8 Å². The first-order chi connectivity index (χ1) is 35.4. The van der Waals surface area contributed by atoms with Gasteiger partial charge in [-0.05, 0) is 164 Å². The number of rotatable bonds is 12. The molecule has 3 amide bonds. The standard InChI is InChI=1S/C33H37ClN2O4.C28H29ClN2O2/c1-33(2,3)40-32(38)36-17-15-23(16-18-36)30(20-22-9-8-10-24(34)19-22)35-31(37)39-21-29-27-13-6-4-11-25(27)26-12-5-7-14-28(26)29;29-21-7-5-6-19(16-21)17-27(20-12-14-30-15-13-20)31-28(32)33-18-26-24-10-3-1-8-22(24)23-9-2-4-11-25(23)26/h4-14,19,23,29-30H,15-18,20-21H2,1-3H3,(H,35,37);1-11,16,20,26-27,30H,12-15,17-18H2,(H,31,32). The number of nitrogens with one attached hydrogen (secondary N) is 3. The van der Waals surface area contributed by atoms with E-state index in [1.807, 2.05) is 87.5 Å². The van der Waals surface area contributed by atoms with Crippen LogP contribution in [0.5, 0.6) is 0 Å². The number of alkyl carbamates (subject to hydrolysis) is 2. The minimum Gasteiger partial charge on any atom is -0.449 e. The van der Waals surface area contributed by atoms with Gasteiger partial charge in [-0.1, -0.05) is 145 Å². The molecule has 2 fully saturated rings. The van der Waals surface area contributed by atoms with E-state index in [9.17, 15) is 14.4 Å². The van der Waals surface area contributed by atoms with Crippen molar-refractivity contribution in [3.63, 3.8) is 0 Å². The van der Waals surface area contributed by atoms with Gasteiger partial charge in [-0.15, -0.1) is 0 Å². The Morgan fingerprint density at radius 2 is 0.945 bits per heavy atom. The van der Waals surface area contributed by atoms with E-state index < -0.39 is 11.7 Å². The van der Waals surface area contributed by atoms with Gasteiger partial charge >= 0.3 is 18.3 Å². The van der Waals surface area contributed by atoms with Gasteiger partial charge in [-0.2, -0.15) is 0 Å². The second kappa shape index (κ2) is 23.7. The summed E-state index contributed by atoms with van der Waals surface area (Å²) >= 11 is 12.5. The Bertz CT molecular complexity index is 2780. The monoisotopic (exact) mass is 1020 g/mol. The number of carbonyl (C=O) groups is 3. The van der Waals surface area contributed by atoms with Crippen molar-refractivity contribution < 1.29 is 28.6 Å². The largest absolute Gasteiger partial charge is 0.449 e. The summed E-state index contributed by atoms with van der Waals surface area (Å²) < 4.78 is 17.3. The van der Waals surface area contributed by atoms with Crippen LogP contribution in [0.15, 0.2) is 146 Å². The minimum absolute atomic E-state index is 0.00148. The van der Waals surface area contributed by atoms with E-state index in [0.717, 1.165) is 61.3 Å². The number of nitrogens with zero attached hydrogens (tertiary/aromatic N) is 1. The number of ether oxygens (including phenoxy) is 3. The molecule has 3 N–H and O–H groups in total. The van der Waals surface area contributed by atoms with E-state index in [0.29, 0.717) is 37.1 Å². The molecular weight excluding hydrogens is 956 g/mol. The first-order valence-electron chi connectivity index (χ1n) is 25.8. The SMILES string of the molecule is CC(C)(C)OC(=O)N1CCC(C(Cc2cccc(Cl)c2)NC(=O)OCC2c3ccccc3-c3ccccc32)CC1.O=C(NC(Cc1cccc(Cl)c1)C1CCNCC1)OCC1c2ccccc2-c2ccccc21. The Balaban J connectivity index is 0.000000183. The topological polar surface area (TPSA) is 118 Å². The molecule has 6 aromatic rings. The Kier molecular flexibility index (Phi) is 16.7. The molecule has 73 heavy (non-hydrogen) atoms. The highest BCUT2D eigenvalue weighted by atomic mass is 35.5. The maximum Gasteiger partial charge on any atom is 0.410 e. The molecule has 2 saturated heterocycles. The molecule has 0 aromatic heterocycles. The fourth-order valence-corrected chi connectivity index (χ4v) is 11.6. The van der Waals surface area contributed by atoms with Gasteiger partial charge in [0.25, 0.3) is 0 Å². The number of hydrogen-bond donors (Lipinski definition) is 3. The van der Waals surface area contributed by atoms with Crippen LogP contribution in [0.2, 0.25) is 10.0 Å². The third-order valence-electron chi connectivity index (χ3n) is 14.7. The van der Waals surface area contributed by atoms with Crippen molar-refractivity contribution in [3.8, 4) is 22.3 Å². The summed E-state index contributed by atoms with van der Waals surface area (Å²) in [4.78, 5) is 40.5. The van der Waals surface area contributed by atoms with Gasteiger partial charge in [0.1, 0.15) is 18.8 Å². The number of hydrogen-bond acceptors (Lipinski definition) is 7. The van der Waals surface area contributed by atoms with Gasteiger partial charge in [0.2, 0.25) is 0 Å². The molecule has 2 aliphatic heterocycles. The normalized spacial score (nSPS) is 16.4. The molecule has 6 aromatic carbocycles. The van der Waals surface area contributed by atoms with Crippen LogP contribution in [-0.2, 0) is 27.1 Å². The fraction of sp³-hybridized carbons (Fsp3) is 0.361. The zero-order valence-corrected chi connectivity index (χ0v) is 43.5. The van der Waals surface area contributed by atoms with E-state index in [-0.39, 0.29) is 48.6 Å². The molecule has 10 nitrogen and oxygen atoms in total. The molecule has 0 spiro atoms. The highest BCUT2D eigenvalue weighted by Gasteiger charge is 2.35.